The molecule has 1 aliphatic rings. The summed E-state index contributed by atoms with van der Waals surface area (Å²) in [4.78, 5) is 13.5. The molecule has 1 amide bonds. The molecule has 1 fully saturated rings. The highest BCUT2D eigenvalue weighted by molar-refractivity contribution is 5.91. The maximum atomic E-state index is 12.1. The number of piperidine rings is 1. The SMILES string of the molecule is Cc1cccc(NC(=O)C[NH+]2C[C@H](C)C[C@H](C)C2)c1. The number of likely N-dealkylation sites (tertiary alicyclic amines) is 1. The van der Waals surface area contributed by atoms with Crippen LogP contribution in [0.15, 0.2) is 24.3 Å². The topological polar surface area (TPSA) is 33.5 Å². The Bertz CT molecular complexity index is 434. The van der Waals surface area contributed by atoms with E-state index in [0.29, 0.717) is 6.54 Å². The van der Waals surface area contributed by atoms with E-state index in [4.69, 9.17) is 0 Å². The van der Waals surface area contributed by atoms with Crippen molar-refractivity contribution in [3.05, 3.63) is 29.8 Å². The molecule has 0 bridgehead atoms. The number of hydrogen-bond donors (Lipinski definition) is 2. The number of carbonyl (C=O) groups is 1. The fourth-order valence-electron chi connectivity index (χ4n) is 3.22. The zero-order valence-electron chi connectivity index (χ0n) is 12.2. The molecule has 0 aliphatic carbocycles. The number of anilines is 1. The van der Waals surface area contributed by atoms with Gasteiger partial charge in [0, 0.05) is 17.5 Å². The van der Waals surface area contributed by atoms with Crippen molar-refractivity contribution in [2.45, 2.75) is 27.2 Å². The summed E-state index contributed by atoms with van der Waals surface area (Å²) in [6.07, 6.45) is 1.29. The van der Waals surface area contributed by atoms with Crippen molar-refractivity contribution in [3.8, 4) is 0 Å². The van der Waals surface area contributed by atoms with Crippen LogP contribution in [0.1, 0.15) is 25.8 Å². The van der Waals surface area contributed by atoms with Gasteiger partial charge < -0.3 is 10.2 Å². The van der Waals surface area contributed by atoms with Gasteiger partial charge in [-0.15, -0.1) is 0 Å². The summed E-state index contributed by atoms with van der Waals surface area (Å²) in [5.41, 5.74) is 2.08. The van der Waals surface area contributed by atoms with Gasteiger partial charge in [-0.1, -0.05) is 26.0 Å². The monoisotopic (exact) mass is 261 g/mol. The predicted molar refractivity (Wildman–Crippen MR) is 78.3 cm³/mol. The van der Waals surface area contributed by atoms with Gasteiger partial charge in [-0.05, 0) is 31.0 Å². The molecule has 1 aromatic carbocycles. The first-order chi connectivity index (χ1) is 9.02. The van der Waals surface area contributed by atoms with Gasteiger partial charge in [-0.2, -0.15) is 0 Å². The lowest BCUT2D eigenvalue weighted by atomic mass is 9.92. The Balaban J connectivity index is 1.87. The highest BCUT2D eigenvalue weighted by atomic mass is 16.2. The molecule has 1 unspecified atom stereocenters. The Kier molecular flexibility index (Phi) is 4.59. The number of hydrogen-bond acceptors (Lipinski definition) is 1. The van der Waals surface area contributed by atoms with Gasteiger partial charge in [0.25, 0.3) is 5.91 Å². The molecular weight excluding hydrogens is 236 g/mol. The molecule has 0 spiro atoms. The van der Waals surface area contributed by atoms with Crippen LogP contribution in [0, 0.1) is 18.8 Å². The molecule has 0 aromatic heterocycles. The van der Waals surface area contributed by atoms with Gasteiger partial charge in [-0.25, -0.2) is 0 Å². The summed E-state index contributed by atoms with van der Waals surface area (Å²) in [6.45, 7) is 9.43. The van der Waals surface area contributed by atoms with Crippen LogP contribution in [0.4, 0.5) is 5.69 Å². The van der Waals surface area contributed by atoms with E-state index >= 15 is 0 Å². The molecule has 104 valence electrons. The minimum absolute atomic E-state index is 0.127. The number of rotatable bonds is 3. The zero-order chi connectivity index (χ0) is 13.8. The summed E-state index contributed by atoms with van der Waals surface area (Å²) in [7, 11) is 0. The molecule has 3 nitrogen and oxygen atoms in total. The summed E-state index contributed by atoms with van der Waals surface area (Å²) < 4.78 is 0. The third-order valence-electron chi connectivity index (χ3n) is 3.79. The van der Waals surface area contributed by atoms with Crippen LogP contribution in [0.5, 0.6) is 0 Å². The quantitative estimate of drug-likeness (QED) is 0.849. The van der Waals surface area contributed by atoms with E-state index in [-0.39, 0.29) is 5.91 Å². The van der Waals surface area contributed by atoms with Crippen LogP contribution in [-0.2, 0) is 4.79 Å². The predicted octanol–water partition coefficient (Wildman–Crippen LogP) is 1.49. The lowest BCUT2D eigenvalue weighted by Gasteiger charge is -2.31. The standard InChI is InChI=1S/C16H24N2O/c1-12-5-4-6-15(8-12)17-16(19)11-18-9-13(2)7-14(3)10-18/h4-6,8,13-14H,7,9-11H2,1-3H3,(H,17,19)/p+1/t13-,14+. The fraction of sp³-hybridized carbons (Fsp3) is 0.562. The second-order valence-corrected chi connectivity index (χ2v) is 6.20. The molecule has 3 heteroatoms. The molecule has 0 saturated carbocycles. The number of amides is 1. The maximum Gasteiger partial charge on any atom is 0.279 e. The van der Waals surface area contributed by atoms with Crippen molar-refractivity contribution in [3.63, 3.8) is 0 Å². The molecule has 0 radical (unpaired) electrons. The molecule has 1 saturated heterocycles. The van der Waals surface area contributed by atoms with Gasteiger partial charge in [0.15, 0.2) is 6.54 Å². The van der Waals surface area contributed by atoms with Gasteiger partial charge in [0.2, 0.25) is 0 Å². The van der Waals surface area contributed by atoms with Crippen molar-refractivity contribution >= 4 is 11.6 Å². The van der Waals surface area contributed by atoms with E-state index in [1.807, 2.05) is 31.2 Å². The summed E-state index contributed by atoms with van der Waals surface area (Å²) in [5, 5.41) is 3.00. The van der Waals surface area contributed by atoms with E-state index < -0.39 is 0 Å². The number of aryl methyl sites for hydroxylation is 1. The second kappa shape index (κ2) is 6.20. The van der Waals surface area contributed by atoms with E-state index in [1.54, 1.807) is 0 Å². The van der Waals surface area contributed by atoms with Crippen molar-refractivity contribution < 1.29 is 9.69 Å². The van der Waals surface area contributed by atoms with Crippen LogP contribution < -0.4 is 10.2 Å². The van der Waals surface area contributed by atoms with E-state index in [0.717, 1.165) is 30.6 Å². The molecule has 1 heterocycles. The fourth-order valence-corrected chi connectivity index (χ4v) is 3.22. The van der Waals surface area contributed by atoms with Crippen LogP contribution in [0.2, 0.25) is 0 Å². The molecule has 2 N–H and O–H groups in total. The van der Waals surface area contributed by atoms with Crippen LogP contribution in [-0.4, -0.2) is 25.5 Å². The van der Waals surface area contributed by atoms with E-state index in [1.165, 1.54) is 16.9 Å². The molecular formula is C16H25N2O+. The number of nitrogens with one attached hydrogen (secondary N) is 2. The Morgan fingerprint density at radius 2 is 2.00 bits per heavy atom. The lowest BCUT2D eigenvalue weighted by Crippen LogP contribution is -3.15. The Morgan fingerprint density at radius 1 is 1.32 bits per heavy atom. The third kappa shape index (κ3) is 4.35. The van der Waals surface area contributed by atoms with Gasteiger partial charge in [0.05, 0.1) is 13.1 Å². The van der Waals surface area contributed by atoms with E-state index in [2.05, 4.69) is 19.2 Å². The largest absolute Gasteiger partial charge is 0.327 e. The first-order valence-electron chi connectivity index (χ1n) is 7.23. The molecule has 2 rings (SSSR count). The highest BCUT2D eigenvalue weighted by Crippen LogP contribution is 2.12. The number of quaternary nitrogens is 1. The van der Waals surface area contributed by atoms with Crippen molar-refractivity contribution in [1.82, 2.24) is 0 Å². The Labute approximate surface area is 116 Å². The average molecular weight is 261 g/mol. The maximum absolute atomic E-state index is 12.1. The molecule has 1 aliphatic heterocycles. The summed E-state index contributed by atoms with van der Waals surface area (Å²) in [5.74, 6) is 1.58. The molecule has 1 aromatic rings. The van der Waals surface area contributed by atoms with Gasteiger partial charge in [-0.3, -0.25) is 4.79 Å². The average Bonchev–Trinajstić information content (AvgIpc) is 2.26. The minimum atomic E-state index is 0.127. The number of benzene rings is 1. The van der Waals surface area contributed by atoms with Crippen LogP contribution in [0.3, 0.4) is 0 Å². The minimum Gasteiger partial charge on any atom is -0.327 e. The van der Waals surface area contributed by atoms with Crippen molar-refractivity contribution in [2.24, 2.45) is 11.8 Å². The number of carbonyl (C=O) groups excluding carboxylic acids is 1. The summed E-state index contributed by atoms with van der Waals surface area (Å²) in [6, 6.07) is 7.97. The first kappa shape index (κ1) is 14.1. The molecule has 3 atom stereocenters. The first-order valence-corrected chi connectivity index (χ1v) is 7.23. The van der Waals surface area contributed by atoms with Gasteiger partial charge >= 0.3 is 0 Å². The normalized spacial score (nSPS) is 27.0. The smallest absolute Gasteiger partial charge is 0.279 e. The third-order valence-corrected chi connectivity index (χ3v) is 3.79. The van der Waals surface area contributed by atoms with Crippen LogP contribution in [0.25, 0.3) is 0 Å². The van der Waals surface area contributed by atoms with E-state index in [9.17, 15) is 4.79 Å². The zero-order valence-corrected chi connectivity index (χ0v) is 12.2. The summed E-state index contributed by atoms with van der Waals surface area (Å²) >= 11 is 0. The second-order valence-electron chi connectivity index (χ2n) is 6.20. The van der Waals surface area contributed by atoms with Crippen LogP contribution >= 0.6 is 0 Å². The van der Waals surface area contributed by atoms with Crippen molar-refractivity contribution in [2.75, 3.05) is 25.0 Å². The lowest BCUT2D eigenvalue weighted by molar-refractivity contribution is -0.904. The van der Waals surface area contributed by atoms with Gasteiger partial charge in [0.1, 0.15) is 0 Å². The Hall–Kier alpha value is -1.35. The molecule has 19 heavy (non-hydrogen) atoms. The van der Waals surface area contributed by atoms with Crippen molar-refractivity contribution in [1.29, 1.82) is 0 Å². The Morgan fingerprint density at radius 3 is 2.63 bits per heavy atom. The highest BCUT2D eigenvalue weighted by Gasteiger charge is 2.26.